The molecule has 0 unspecified atom stereocenters. The molecule has 0 atom stereocenters. The first-order valence-corrected chi connectivity index (χ1v) is 6.16. The number of anilines is 1. The Bertz CT molecular complexity index is 664. The highest BCUT2D eigenvalue weighted by molar-refractivity contribution is 5.88. The van der Waals surface area contributed by atoms with Crippen LogP contribution in [-0.2, 0) is 6.54 Å². The Labute approximate surface area is 106 Å². The molecular formula is C15H13N3. The van der Waals surface area contributed by atoms with E-state index >= 15 is 0 Å². The lowest BCUT2D eigenvalue weighted by atomic mass is 10.1. The standard InChI is InChI=1S/C15H13N3/c1-2-5-13-12(4-1)11-17-8-3-6-14(17)15-10-16-7-9-18(13)15/h1-8,10H,9,11H2. The molecule has 1 aromatic carbocycles. The molecule has 0 aliphatic carbocycles. The molecule has 0 spiro atoms. The van der Waals surface area contributed by atoms with E-state index in [1.54, 1.807) is 0 Å². The second kappa shape index (κ2) is 3.60. The molecule has 4 rings (SSSR count). The number of nitrogens with zero attached hydrogens (tertiary/aromatic N) is 3. The van der Waals surface area contributed by atoms with Gasteiger partial charge in [-0.3, -0.25) is 4.99 Å². The van der Waals surface area contributed by atoms with Crippen molar-refractivity contribution < 1.29 is 0 Å². The Morgan fingerprint density at radius 2 is 2.00 bits per heavy atom. The van der Waals surface area contributed by atoms with Crippen molar-refractivity contribution >= 4 is 17.6 Å². The molecule has 2 aromatic rings. The fraction of sp³-hybridized carbons (Fsp3) is 0.133. The quantitative estimate of drug-likeness (QED) is 0.687. The van der Waals surface area contributed by atoms with Crippen molar-refractivity contribution in [1.82, 2.24) is 4.57 Å². The highest BCUT2D eigenvalue weighted by Gasteiger charge is 2.23. The van der Waals surface area contributed by atoms with Crippen LogP contribution in [0, 0.1) is 0 Å². The van der Waals surface area contributed by atoms with Crippen LogP contribution in [0.3, 0.4) is 0 Å². The van der Waals surface area contributed by atoms with E-state index < -0.39 is 0 Å². The largest absolute Gasteiger partial charge is 0.342 e. The molecule has 2 aliphatic heterocycles. The van der Waals surface area contributed by atoms with Gasteiger partial charge in [-0.05, 0) is 23.8 Å². The first-order valence-electron chi connectivity index (χ1n) is 6.16. The number of aromatic nitrogens is 1. The third kappa shape index (κ3) is 1.27. The van der Waals surface area contributed by atoms with Crippen LogP contribution >= 0.6 is 0 Å². The van der Waals surface area contributed by atoms with Gasteiger partial charge in [-0.15, -0.1) is 0 Å². The van der Waals surface area contributed by atoms with Gasteiger partial charge in [-0.2, -0.15) is 0 Å². The number of fused-ring (bicyclic) bond motifs is 5. The van der Waals surface area contributed by atoms with Crippen LogP contribution in [0.15, 0.2) is 53.8 Å². The maximum atomic E-state index is 4.31. The van der Waals surface area contributed by atoms with Crippen molar-refractivity contribution in [3.05, 3.63) is 60.1 Å². The predicted octanol–water partition coefficient (Wildman–Crippen LogP) is 2.74. The minimum Gasteiger partial charge on any atom is -0.342 e. The highest BCUT2D eigenvalue weighted by Crippen LogP contribution is 2.34. The molecule has 3 heterocycles. The molecule has 88 valence electrons. The molecule has 18 heavy (non-hydrogen) atoms. The van der Waals surface area contributed by atoms with Crippen molar-refractivity contribution in [2.24, 2.45) is 4.99 Å². The average Bonchev–Trinajstić information content (AvgIpc) is 2.83. The molecule has 2 aliphatic rings. The number of rotatable bonds is 0. The maximum Gasteiger partial charge on any atom is 0.0841 e. The van der Waals surface area contributed by atoms with E-state index in [2.05, 4.69) is 57.1 Å². The third-order valence-corrected chi connectivity index (χ3v) is 3.57. The van der Waals surface area contributed by atoms with Crippen LogP contribution < -0.4 is 4.90 Å². The van der Waals surface area contributed by atoms with Gasteiger partial charge in [0.15, 0.2) is 0 Å². The van der Waals surface area contributed by atoms with Gasteiger partial charge < -0.3 is 9.47 Å². The summed E-state index contributed by atoms with van der Waals surface area (Å²) in [4.78, 5) is 6.65. The van der Waals surface area contributed by atoms with Crippen molar-refractivity contribution in [2.75, 3.05) is 11.4 Å². The monoisotopic (exact) mass is 235 g/mol. The summed E-state index contributed by atoms with van der Waals surface area (Å²) >= 11 is 0. The van der Waals surface area contributed by atoms with E-state index in [1.807, 2.05) is 12.4 Å². The summed E-state index contributed by atoms with van der Waals surface area (Å²) in [6, 6.07) is 12.9. The molecule has 0 N–H and O–H groups in total. The molecule has 0 saturated carbocycles. The van der Waals surface area contributed by atoms with Crippen LogP contribution in [0.25, 0.3) is 5.70 Å². The number of hydrogen-bond acceptors (Lipinski definition) is 2. The van der Waals surface area contributed by atoms with Gasteiger partial charge in [-0.1, -0.05) is 18.2 Å². The van der Waals surface area contributed by atoms with Gasteiger partial charge in [0.2, 0.25) is 0 Å². The number of aliphatic imine (C=N–C) groups is 1. The summed E-state index contributed by atoms with van der Waals surface area (Å²) in [6.45, 7) is 1.76. The summed E-state index contributed by atoms with van der Waals surface area (Å²) in [5.74, 6) is 0. The Morgan fingerprint density at radius 3 is 3.00 bits per heavy atom. The number of para-hydroxylation sites is 1. The zero-order chi connectivity index (χ0) is 11.9. The van der Waals surface area contributed by atoms with Gasteiger partial charge >= 0.3 is 0 Å². The summed E-state index contributed by atoms with van der Waals surface area (Å²) in [5, 5.41) is 0. The third-order valence-electron chi connectivity index (χ3n) is 3.57. The Morgan fingerprint density at radius 1 is 1.06 bits per heavy atom. The van der Waals surface area contributed by atoms with Crippen LogP contribution in [0.4, 0.5) is 5.69 Å². The highest BCUT2D eigenvalue weighted by atomic mass is 15.2. The van der Waals surface area contributed by atoms with Gasteiger partial charge in [0.25, 0.3) is 0 Å². The second-order valence-electron chi connectivity index (χ2n) is 4.61. The van der Waals surface area contributed by atoms with Crippen LogP contribution in [-0.4, -0.2) is 17.3 Å². The minimum atomic E-state index is 0.841. The Hall–Kier alpha value is -2.29. The first kappa shape index (κ1) is 9.71. The van der Waals surface area contributed by atoms with E-state index in [0.29, 0.717) is 0 Å². The molecule has 0 radical (unpaired) electrons. The minimum absolute atomic E-state index is 0.841. The van der Waals surface area contributed by atoms with Crippen LogP contribution in [0.1, 0.15) is 11.3 Å². The number of hydrogen-bond donors (Lipinski definition) is 0. The summed E-state index contributed by atoms with van der Waals surface area (Å²) in [5.41, 5.74) is 5.07. The Kier molecular flexibility index (Phi) is 1.94. The van der Waals surface area contributed by atoms with E-state index in [9.17, 15) is 0 Å². The summed E-state index contributed by atoms with van der Waals surface area (Å²) in [7, 11) is 0. The molecular weight excluding hydrogens is 222 g/mol. The van der Waals surface area contributed by atoms with E-state index in [0.717, 1.165) is 13.1 Å². The van der Waals surface area contributed by atoms with Crippen molar-refractivity contribution in [3.63, 3.8) is 0 Å². The summed E-state index contributed by atoms with van der Waals surface area (Å²) < 4.78 is 2.28. The smallest absolute Gasteiger partial charge is 0.0841 e. The van der Waals surface area contributed by atoms with E-state index in [1.165, 1.54) is 22.6 Å². The van der Waals surface area contributed by atoms with Crippen molar-refractivity contribution in [1.29, 1.82) is 0 Å². The zero-order valence-electron chi connectivity index (χ0n) is 9.95. The van der Waals surface area contributed by atoms with E-state index in [-0.39, 0.29) is 0 Å². The van der Waals surface area contributed by atoms with Crippen LogP contribution in [0.2, 0.25) is 0 Å². The Balaban J connectivity index is 2.01. The molecule has 1 aromatic heterocycles. The fourth-order valence-electron chi connectivity index (χ4n) is 2.73. The predicted molar refractivity (Wildman–Crippen MR) is 73.8 cm³/mol. The SMILES string of the molecule is C1=NC=C2c3cccn3Cc3ccccc3N2C1. The first-order chi connectivity index (χ1) is 8.93. The lowest BCUT2D eigenvalue weighted by Crippen LogP contribution is -2.25. The molecule has 3 nitrogen and oxygen atoms in total. The van der Waals surface area contributed by atoms with Gasteiger partial charge in [-0.25, -0.2) is 0 Å². The van der Waals surface area contributed by atoms with Crippen molar-refractivity contribution in [3.8, 4) is 0 Å². The molecule has 0 amide bonds. The molecule has 3 heteroatoms. The fourth-order valence-corrected chi connectivity index (χ4v) is 2.73. The van der Waals surface area contributed by atoms with Gasteiger partial charge in [0.05, 0.1) is 24.1 Å². The van der Waals surface area contributed by atoms with Crippen LogP contribution in [0.5, 0.6) is 0 Å². The maximum absolute atomic E-state index is 4.31. The zero-order valence-corrected chi connectivity index (χ0v) is 9.95. The summed E-state index contributed by atoms with van der Waals surface area (Å²) in [6.07, 6.45) is 6.05. The second-order valence-corrected chi connectivity index (χ2v) is 4.61. The van der Waals surface area contributed by atoms with Crippen molar-refractivity contribution in [2.45, 2.75) is 6.54 Å². The lowest BCUT2D eigenvalue weighted by molar-refractivity contribution is 0.802. The molecule has 0 saturated heterocycles. The van der Waals surface area contributed by atoms with Gasteiger partial charge in [0.1, 0.15) is 0 Å². The molecule has 0 fully saturated rings. The number of benzene rings is 1. The topological polar surface area (TPSA) is 20.5 Å². The molecule has 0 bridgehead atoms. The normalized spacial score (nSPS) is 16.4. The van der Waals surface area contributed by atoms with Gasteiger partial charge in [0, 0.05) is 24.6 Å². The lowest BCUT2D eigenvalue weighted by Gasteiger charge is -2.27. The van der Waals surface area contributed by atoms with E-state index in [4.69, 9.17) is 0 Å². The average molecular weight is 235 g/mol.